The summed E-state index contributed by atoms with van der Waals surface area (Å²) in [6, 6.07) is 4.18. The van der Waals surface area contributed by atoms with Gasteiger partial charge >= 0.3 is 6.09 Å². The fraction of sp³-hybridized carbons (Fsp3) is 0.500. The summed E-state index contributed by atoms with van der Waals surface area (Å²) in [5.41, 5.74) is 2.01. The number of fused-ring (bicyclic) bond motifs is 1. The Morgan fingerprint density at radius 3 is 2.37 bits per heavy atom. The summed E-state index contributed by atoms with van der Waals surface area (Å²) < 4.78 is 7.48. The van der Waals surface area contributed by atoms with Gasteiger partial charge in [-0.3, -0.25) is 0 Å². The summed E-state index contributed by atoms with van der Waals surface area (Å²) in [5, 5.41) is 0. The molecule has 2 rings (SSSR count). The fourth-order valence-electron chi connectivity index (χ4n) is 2.03. The van der Waals surface area contributed by atoms with Gasteiger partial charge in [0, 0.05) is 22.0 Å². The minimum Gasteiger partial charge on any atom is -0.444 e. The Morgan fingerprint density at radius 1 is 1.21 bits per heavy atom. The van der Waals surface area contributed by atoms with Crippen LogP contribution in [0.25, 0.3) is 0 Å². The van der Waals surface area contributed by atoms with E-state index in [0.29, 0.717) is 13.1 Å². The van der Waals surface area contributed by atoms with Gasteiger partial charge in [-0.2, -0.15) is 0 Å². The van der Waals surface area contributed by atoms with Crippen LogP contribution in [0.4, 0.5) is 4.79 Å². The SMILES string of the molecule is CC(C)(C)OC(=O)N1CCc2cc(Br)c(Br)cc2C1. The minimum absolute atomic E-state index is 0.239. The maximum atomic E-state index is 12.1. The van der Waals surface area contributed by atoms with Crippen molar-refractivity contribution in [3.05, 3.63) is 32.2 Å². The first-order valence-corrected chi connectivity index (χ1v) is 7.79. The molecule has 0 unspecified atom stereocenters. The highest BCUT2D eigenvalue weighted by molar-refractivity contribution is 9.13. The number of hydrogen-bond acceptors (Lipinski definition) is 2. The lowest BCUT2D eigenvalue weighted by Gasteiger charge is -2.31. The molecule has 0 bridgehead atoms. The Balaban J connectivity index is 2.14. The Kier molecular flexibility index (Phi) is 4.26. The van der Waals surface area contributed by atoms with Crippen LogP contribution < -0.4 is 0 Å². The van der Waals surface area contributed by atoms with Crippen LogP contribution in [0.5, 0.6) is 0 Å². The van der Waals surface area contributed by atoms with Gasteiger partial charge in [0.15, 0.2) is 0 Å². The van der Waals surface area contributed by atoms with E-state index in [9.17, 15) is 4.79 Å². The first-order chi connectivity index (χ1) is 8.76. The Bertz CT molecular complexity index is 509. The Morgan fingerprint density at radius 2 is 1.79 bits per heavy atom. The third-order valence-corrected chi connectivity index (χ3v) is 4.75. The number of ether oxygens (including phenoxy) is 1. The maximum Gasteiger partial charge on any atom is 0.410 e. The number of carbonyl (C=O) groups excluding carboxylic acids is 1. The van der Waals surface area contributed by atoms with Crippen LogP contribution in [-0.4, -0.2) is 23.1 Å². The highest BCUT2D eigenvalue weighted by atomic mass is 79.9. The van der Waals surface area contributed by atoms with Crippen molar-refractivity contribution in [1.82, 2.24) is 4.90 Å². The molecule has 0 fully saturated rings. The molecule has 0 radical (unpaired) electrons. The number of benzene rings is 1. The molecule has 1 amide bonds. The normalized spacial score (nSPS) is 15.1. The summed E-state index contributed by atoms with van der Waals surface area (Å²) in [4.78, 5) is 13.8. The largest absolute Gasteiger partial charge is 0.444 e. The molecule has 0 atom stereocenters. The van der Waals surface area contributed by atoms with Crippen LogP contribution in [0, 0.1) is 0 Å². The molecule has 0 N–H and O–H groups in total. The first-order valence-electron chi connectivity index (χ1n) is 6.21. The molecule has 1 aliphatic heterocycles. The number of hydrogen-bond donors (Lipinski definition) is 0. The maximum absolute atomic E-state index is 12.1. The van der Waals surface area contributed by atoms with E-state index >= 15 is 0 Å². The van der Waals surface area contributed by atoms with Crippen LogP contribution in [0.15, 0.2) is 21.1 Å². The van der Waals surface area contributed by atoms with Crippen molar-refractivity contribution >= 4 is 38.0 Å². The highest BCUT2D eigenvalue weighted by Gasteiger charge is 2.26. The molecule has 5 heteroatoms. The summed E-state index contributed by atoms with van der Waals surface area (Å²) >= 11 is 7.00. The van der Waals surface area contributed by atoms with Crippen molar-refractivity contribution in [2.45, 2.75) is 39.3 Å². The van der Waals surface area contributed by atoms with Crippen LogP contribution in [0.3, 0.4) is 0 Å². The van der Waals surface area contributed by atoms with E-state index < -0.39 is 5.60 Å². The van der Waals surface area contributed by atoms with E-state index in [0.717, 1.165) is 15.4 Å². The first kappa shape index (κ1) is 14.9. The molecule has 0 saturated carbocycles. The number of rotatable bonds is 0. The molecule has 0 spiro atoms. The van der Waals surface area contributed by atoms with E-state index in [1.165, 1.54) is 11.1 Å². The quantitative estimate of drug-likeness (QED) is 0.652. The zero-order chi connectivity index (χ0) is 14.2. The van der Waals surface area contributed by atoms with Crippen molar-refractivity contribution in [2.24, 2.45) is 0 Å². The van der Waals surface area contributed by atoms with Gasteiger partial charge in [0.1, 0.15) is 5.60 Å². The van der Waals surface area contributed by atoms with Gasteiger partial charge in [0.2, 0.25) is 0 Å². The molecule has 0 aliphatic carbocycles. The van der Waals surface area contributed by atoms with Gasteiger partial charge < -0.3 is 9.64 Å². The Labute approximate surface area is 130 Å². The number of nitrogens with zero attached hydrogens (tertiary/aromatic N) is 1. The van der Waals surface area contributed by atoms with Crippen molar-refractivity contribution in [3.8, 4) is 0 Å². The molecular formula is C14H17Br2NO2. The molecular weight excluding hydrogens is 374 g/mol. The van der Waals surface area contributed by atoms with Gasteiger partial charge in [-0.25, -0.2) is 4.79 Å². The van der Waals surface area contributed by atoms with Crippen LogP contribution >= 0.6 is 31.9 Å². The van der Waals surface area contributed by atoms with Crippen molar-refractivity contribution in [2.75, 3.05) is 6.54 Å². The van der Waals surface area contributed by atoms with Crippen molar-refractivity contribution < 1.29 is 9.53 Å². The number of amides is 1. The predicted molar refractivity (Wildman–Crippen MR) is 82.2 cm³/mol. The zero-order valence-electron chi connectivity index (χ0n) is 11.3. The minimum atomic E-state index is -0.447. The average Bonchev–Trinajstić information content (AvgIpc) is 2.27. The second-order valence-corrected chi connectivity index (χ2v) is 7.40. The van der Waals surface area contributed by atoms with Crippen LogP contribution in [0.2, 0.25) is 0 Å². The van der Waals surface area contributed by atoms with Crippen LogP contribution in [0.1, 0.15) is 31.9 Å². The smallest absolute Gasteiger partial charge is 0.410 e. The van der Waals surface area contributed by atoms with Gasteiger partial charge in [-0.05, 0) is 82.3 Å². The van der Waals surface area contributed by atoms with Gasteiger partial charge in [0.25, 0.3) is 0 Å². The van der Waals surface area contributed by atoms with E-state index in [1.54, 1.807) is 4.90 Å². The summed E-state index contributed by atoms with van der Waals surface area (Å²) in [5.74, 6) is 0. The molecule has 1 aromatic rings. The van der Waals surface area contributed by atoms with Crippen molar-refractivity contribution in [1.29, 1.82) is 0 Å². The van der Waals surface area contributed by atoms with Gasteiger partial charge in [-0.15, -0.1) is 0 Å². The standard InChI is InChI=1S/C14H17Br2NO2/c1-14(2,3)19-13(18)17-5-4-9-6-11(15)12(16)7-10(9)8-17/h6-7H,4-5,8H2,1-3H3. The monoisotopic (exact) mass is 389 g/mol. The molecule has 19 heavy (non-hydrogen) atoms. The predicted octanol–water partition coefficient (Wildman–Crippen LogP) is 4.50. The summed E-state index contributed by atoms with van der Waals surface area (Å²) in [6.45, 7) is 6.97. The molecule has 0 saturated heterocycles. The van der Waals surface area contributed by atoms with Crippen molar-refractivity contribution in [3.63, 3.8) is 0 Å². The second kappa shape index (κ2) is 5.44. The summed E-state index contributed by atoms with van der Waals surface area (Å²) in [7, 11) is 0. The molecule has 104 valence electrons. The topological polar surface area (TPSA) is 29.5 Å². The van der Waals surface area contributed by atoms with E-state index in [-0.39, 0.29) is 6.09 Å². The van der Waals surface area contributed by atoms with E-state index in [4.69, 9.17) is 4.74 Å². The lowest BCUT2D eigenvalue weighted by atomic mass is 10.0. The number of halogens is 2. The average molecular weight is 391 g/mol. The third-order valence-electron chi connectivity index (χ3n) is 2.91. The molecule has 1 heterocycles. The van der Waals surface area contributed by atoms with Crippen LogP contribution in [-0.2, 0) is 17.7 Å². The molecule has 0 aromatic heterocycles. The molecule has 3 nitrogen and oxygen atoms in total. The fourth-order valence-corrected chi connectivity index (χ4v) is 2.81. The van der Waals surface area contributed by atoms with Gasteiger partial charge in [-0.1, -0.05) is 0 Å². The lowest BCUT2D eigenvalue weighted by molar-refractivity contribution is 0.0224. The van der Waals surface area contributed by atoms with Gasteiger partial charge in [0.05, 0.1) is 0 Å². The third kappa shape index (κ3) is 3.72. The molecule has 1 aliphatic rings. The Hall–Kier alpha value is -0.550. The summed E-state index contributed by atoms with van der Waals surface area (Å²) in [6.07, 6.45) is 0.623. The second-order valence-electron chi connectivity index (χ2n) is 5.69. The molecule has 1 aromatic carbocycles. The highest BCUT2D eigenvalue weighted by Crippen LogP contribution is 2.30. The van der Waals surface area contributed by atoms with E-state index in [2.05, 4.69) is 44.0 Å². The number of carbonyl (C=O) groups is 1. The zero-order valence-corrected chi connectivity index (χ0v) is 14.5. The van der Waals surface area contributed by atoms with E-state index in [1.807, 2.05) is 20.8 Å². The lowest BCUT2D eigenvalue weighted by Crippen LogP contribution is -2.39.